The molecule has 7 nitrogen and oxygen atoms in total. The zero-order chi connectivity index (χ0) is 21.6. The highest BCUT2D eigenvalue weighted by Gasteiger charge is 2.30. The Balaban J connectivity index is 2.01. The molecule has 0 radical (unpaired) electrons. The smallest absolute Gasteiger partial charge is 0.416 e. The lowest BCUT2D eigenvalue weighted by Crippen LogP contribution is -2.06. The van der Waals surface area contributed by atoms with Crippen LogP contribution in [-0.2, 0) is 10.9 Å². The first kappa shape index (κ1) is 19.4. The number of nitro benzene ring substituents is 1. The molecule has 30 heavy (non-hydrogen) atoms. The molecule has 152 valence electrons. The maximum Gasteiger partial charge on any atom is 0.416 e. The second-order valence-corrected chi connectivity index (χ2v) is 6.46. The largest absolute Gasteiger partial charge is 0.465 e. The highest BCUT2D eigenvalue weighted by atomic mass is 19.4. The number of halogens is 3. The van der Waals surface area contributed by atoms with Gasteiger partial charge >= 0.3 is 12.1 Å². The molecule has 4 aromatic rings. The first-order chi connectivity index (χ1) is 14.2. The van der Waals surface area contributed by atoms with Gasteiger partial charge < -0.3 is 9.72 Å². The number of nitrogens with one attached hydrogen (secondary N) is 1. The Hall–Kier alpha value is -3.95. The molecule has 0 bridgehead atoms. The van der Waals surface area contributed by atoms with Crippen molar-refractivity contribution in [2.75, 3.05) is 7.11 Å². The fourth-order valence-corrected chi connectivity index (χ4v) is 3.23. The monoisotopic (exact) mass is 415 g/mol. The lowest BCUT2D eigenvalue weighted by atomic mass is 10.0. The van der Waals surface area contributed by atoms with Gasteiger partial charge in [0.15, 0.2) is 0 Å². The summed E-state index contributed by atoms with van der Waals surface area (Å²) in [6.07, 6.45) is -4.54. The number of rotatable bonds is 3. The van der Waals surface area contributed by atoms with E-state index in [4.69, 9.17) is 4.74 Å². The molecule has 0 saturated heterocycles. The number of alkyl halides is 3. The van der Waals surface area contributed by atoms with Gasteiger partial charge in [0.25, 0.3) is 5.69 Å². The number of nitro groups is 1. The Kier molecular flexibility index (Phi) is 4.41. The summed E-state index contributed by atoms with van der Waals surface area (Å²) in [5.74, 6) is -0.725. The Morgan fingerprint density at radius 2 is 1.93 bits per heavy atom. The SMILES string of the molecule is COC(=O)c1cc(-c2cccc(C(F)(F)F)c2)nc2c1[nH]c1cc([N+](=O)[O-])ccc12. The number of esters is 1. The molecule has 0 aliphatic carbocycles. The Bertz CT molecular complexity index is 1330. The first-order valence-corrected chi connectivity index (χ1v) is 8.56. The number of aromatic amines is 1. The van der Waals surface area contributed by atoms with E-state index in [2.05, 4.69) is 9.97 Å². The zero-order valence-electron chi connectivity index (χ0n) is 15.3. The van der Waals surface area contributed by atoms with Gasteiger partial charge in [0.2, 0.25) is 0 Å². The van der Waals surface area contributed by atoms with Crippen LogP contribution in [0.3, 0.4) is 0 Å². The molecule has 2 heterocycles. The number of carbonyl (C=O) groups is 1. The zero-order valence-corrected chi connectivity index (χ0v) is 15.3. The third-order valence-electron chi connectivity index (χ3n) is 4.64. The van der Waals surface area contributed by atoms with Crippen LogP contribution in [0, 0.1) is 10.1 Å². The van der Waals surface area contributed by atoms with Crippen LogP contribution in [0.15, 0.2) is 48.5 Å². The lowest BCUT2D eigenvalue weighted by Gasteiger charge is -2.10. The van der Waals surface area contributed by atoms with E-state index in [1.54, 1.807) is 0 Å². The van der Waals surface area contributed by atoms with E-state index in [0.29, 0.717) is 10.9 Å². The van der Waals surface area contributed by atoms with Gasteiger partial charge in [-0.2, -0.15) is 13.2 Å². The summed E-state index contributed by atoms with van der Waals surface area (Å²) < 4.78 is 44.1. The molecule has 10 heteroatoms. The predicted molar refractivity (Wildman–Crippen MR) is 102 cm³/mol. The molecule has 0 amide bonds. The summed E-state index contributed by atoms with van der Waals surface area (Å²) in [5, 5.41) is 11.5. The summed E-state index contributed by atoms with van der Waals surface area (Å²) in [5.41, 5.74) is 0.249. The Morgan fingerprint density at radius 3 is 2.60 bits per heavy atom. The molecule has 0 fully saturated rings. The van der Waals surface area contributed by atoms with E-state index < -0.39 is 22.6 Å². The summed E-state index contributed by atoms with van der Waals surface area (Å²) in [7, 11) is 1.17. The Morgan fingerprint density at radius 1 is 1.17 bits per heavy atom. The number of carbonyl (C=O) groups excluding carboxylic acids is 1. The van der Waals surface area contributed by atoms with E-state index in [1.807, 2.05) is 0 Å². The first-order valence-electron chi connectivity index (χ1n) is 8.56. The molecule has 0 atom stereocenters. The van der Waals surface area contributed by atoms with Crippen molar-refractivity contribution < 1.29 is 27.6 Å². The van der Waals surface area contributed by atoms with Crippen molar-refractivity contribution in [2.45, 2.75) is 6.18 Å². The van der Waals surface area contributed by atoms with Crippen LogP contribution < -0.4 is 0 Å². The van der Waals surface area contributed by atoms with E-state index in [-0.39, 0.29) is 33.5 Å². The van der Waals surface area contributed by atoms with Gasteiger partial charge in [0, 0.05) is 23.1 Å². The van der Waals surface area contributed by atoms with Crippen LogP contribution in [0.1, 0.15) is 15.9 Å². The molecule has 2 aromatic carbocycles. The standard InChI is InChI=1S/C20H12F3N3O4/c1-30-19(27)14-9-15(10-3-2-4-11(7-10)20(21,22)23)24-17-13-6-5-12(26(28)29)8-16(13)25-18(14)17/h2-9,25H,1H3. The quantitative estimate of drug-likeness (QED) is 0.285. The number of hydrogen-bond acceptors (Lipinski definition) is 5. The second-order valence-electron chi connectivity index (χ2n) is 6.46. The number of fused-ring (bicyclic) bond motifs is 3. The van der Waals surface area contributed by atoms with Crippen LogP contribution in [0.25, 0.3) is 33.2 Å². The number of nitrogens with zero attached hydrogens (tertiary/aromatic N) is 2. The molecular weight excluding hydrogens is 403 g/mol. The minimum Gasteiger partial charge on any atom is -0.465 e. The highest BCUT2D eigenvalue weighted by Crippen LogP contribution is 2.35. The van der Waals surface area contributed by atoms with Gasteiger partial charge in [-0.1, -0.05) is 12.1 Å². The lowest BCUT2D eigenvalue weighted by molar-refractivity contribution is -0.384. The van der Waals surface area contributed by atoms with Crippen LogP contribution in [0.4, 0.5) is 18.9 Å². The van der Waals surface area contributed by atoms with Crippen LogP contribution in [0.5, 0.6) is 0 Å². The van der Waals surface area contributed by atoms with Crippen molar-refractivity contribution >= 4 is 33.6 Å². The minimum absolute atomic E-state index is 0.0498. The molecule has 0 aliphatic heterocycles. The van der Waals surface area contributed by atoms with Crippen LogP contribution in [0.2, 0.25) is 0 Å². The minimum atomic E-state index is -4.54. The van der Waals surface area contributed by atoms with Crippen molar-refractivity contribution in [3.8, 4) is 11.3 Å². The van der Waals surface area contributed by atoms with Gasteiger partial charge in [-0.15, -0.1) is 0 Å². The topological polar surface area (TPSA) is 98.1 Å². The van der Waals surface area contributed by atoms with Gasteiger partial charge in [-0.05, 0) is 24.3 Å². The molecular formula is C20H12F3N3O4. The summed E-state index contributed by atoms with van der Waals surface area (Å²) in [4.78, 5) is 30.2. The molecule has 1 N–H and O–H groups in total. The maximum atomic E-state index is 13.1. The molecule has 2 aromatic heterocycles. The van der Waals surface area contributed by atoms with Gasteiger partial charge in [0.1, 0.15) is 0 Å². The normalized spacial score (nSPS) is 11.7. The average Bonchev–Trinajstić information content (AvgIpc) is 3.09. The molecule has 0 unspecified atom stereocenters. The van der Waals surface area contributed by atoms with E-state index in [0.717, 1.165) is 12.1 Å². The van der Waals surface area contributed by atoms with Crippen molar-refractivity contribution in [3.63, 3.8) is 0 Å². The number of pyridine rings is 1. The third-order valence-corrected chi connectivity index (χ3v) is 4.64. The van der Waals surface area contributed by atoms with Gasteiger partial charge in [-0.25, -0.2) is 9.78 Å². The van der Waals surface area contributed by atoms with E-state index >= 15 is 0 Å². The average molecular weight is 415 g/mol. The van der Waals surface area contributed by atoms with E-state index in [1.165, 1.54) is 43.5 Å². The van der Waals surface area contributed by atoms with E-state index in [9.17, 15) is 28.1 Å². The fourth-order valence-electron chi connectivity index (χ4n) is 3.23. The van der Waals surface area contributed by atoms with Crippen molar-refractivity contribution in [1.82, 2.24) is 9.97 Å². The third kappa shape index (κ3) is 3.21. The summed E-state index contributed by atoms with van der Waals surface area (Å²) in [6.45, 7) is 0. The molecule has 0 saturated carbocycles. The molecule has 0 spiro atoms. The number of non-ortho nitro benzene ring substituents is 1. The Labute approximate surface area is 166 Å². The maximum absolute atomic E-state index is 13.1. The summed E-state index contributed by atoms with van der Waals surface area (Å²) in [6, 6.07) is 9.95. The molecule has 0 aliphatic rings. The van der Waals surface area contributed by atoms with Crippen molar-refractivity contribution in [1.29, 1.82) is 0 Å². The summed E-state index contributed by atoms with van der Waals surface area (Å²) >= 11 is 0. The van der Waals surface area contributed by atoms with Crippen LogP contribution >= 0.6 is 0 Å². The second kappa shape index (κ2) is 6.83. The number of ether oxygens (including phenoxy) is 1. The number of H-pyrrole nitrogens is 1. The van der Waals surface area contributed by atoms with Crippen molar-refractivity contribution in [3.05, 3.63) is 69.8 Å². The molecule has 4 rings (SSSR count). The fraction of sp³-hybridized carbons (Fsp3) is 0.100. The van der Waals surface area contributed by atoms with Crippen LogP contribution in [-0.4, -0.2) is 28.0 Å². The van der Waals surface area contributed by atoms with Gasteiger partial charge in [0.05, 0.1) is 45.4 Å². The van der Waals surface area contributed by atoms with Gasteiger partial charge in [-0.3, -0.25) is 10.1 Å². The number of hydrogen-bond donors (Lipinski definition) is 1. The highest BCUT2D eigenvalue weighted by molar-refractivity contribution is 6.13. The number of methoxy groups -OCH3 is 1. The van der Waals surface area contributed by atoms with Crippen molar-refractivity contribution in [2.24, 2.45) is 0 Å². The number of aromatic nitrogens is 2. The number of benzene rings is 2. The predicted octanol–water partition coefficient (Wildman–Crippen LogP) is 5.10.